The lowest BCUT2D eigenvalue weighted by Gasteiger charge is -2.35. The quantitative estimate of drug-likeness (QED) is 0.178. The summed E-state index contributed by atoms with van der Waals surface area (Å²) < 4.78 is 13.7. The van der Waals surface area contributed by atoms with Crippen LogP contribution in [-0.2, 0) is 5.41 Å². The van der Waals surface area contributed by atoms with Crippen molar-refractivity contribution in [2.45, 2.75) is 5.41 Å². The highest BCUT2D eigenvalue weighted by Crippen LogP contribution is 2.58. The highest BCUT2D eigenvalue weighted by molar-refractivity contribution is 6.35. The Morgan fingerprint density at radius 2 is 0.946 bits per heavy atom. The third-order valence-corrected chi connectivity index (χ3v) is 11.9. The molecule has 3 nitrogen and oxygen atoms in total. The predicted molar refractivity (Wildman–Crippen MR) is 230 cm³/mol. The van der Waals surface area contributed by atoms with Crippen LogP contribution in [0.3, 0.4) is 0 Å². The van der Waals surface area contributed by atoms with Crippen molar-refractivity contribution in [1.82, 2.24) is 0 Å². The van der Waals surface area contributed by atoms with Crippen LogP contribution in [0.4, 0.5) is 17.1 Å². The van der Waals surface area contributed by atoms with E-state index in [1.54, 1.807) is 0 Å². The Bertz CT molecular complexity index is 3270. The molecule has 11 aromatic rings. The van der Waals surface area contributed by atoms with Gasteiger partial charge in [0.05, 0.1) is 21.9 Å². The average Bonchev–Trinajstić information content (AvgIpc) is 3.94. The maximum Gasteiger partial charge on any atom is 0.147 e. The second-order valence-corrected chi connectivity index (χ2v) is 14.7. The maximum absolute atomic E-state index is 6.91. The second kappa shape index (κ2) is 11.8. The highest BCUT2D eigenvalue weighted by Gasteiger charge is 2.46. The first-order valence-corrected chi connectivity index (χ1v) is 19.2. The van der Waals surface area contributed by atoms with Crippen LogP contribution in [0.15, 0.2) is 209 Å². The molecule has 0 amide bonds. The molecule has 0 fully saturated rings. The van der Waals surface area contributed by atoms with Gasteiger partial charge in [0, 0.05) is 27.5 Å². The number of fused-ring (bicyclic) bond motifs is 13. The molecule has 0 atom stereocenters. The Kier molecular flexibility index (Phi) is 6.55. The van der Waals surface area contributed by atoms with Gasteiger partial charge in [-0.3, -0.25) is 0 Å². The van der Waals surface area contributed by atoms with Crippen LogP contribution >= 0.6 is 0 Å². The zero-order valence-corrected chi connectivity index (χ0v) is 30.3. The number of furan rings is 2. The van der Waals surface area contributed by atoms with Crippen molar-refractivity contribution in [3.63, 3.8) is 0 Å². The van der Waals surface area contributed by atoms with E-state index in [9.17, 15) is 0 Å². The van der Waals surface area contributed by atoms with Crippen molar-refractivity contribution < 1.29 is 8.83 Å². The first-order chi connectivity index (χ1) is 27.8. The monoisotopic (exact) mass is 715 g/mol. The van der Waals surface area contributed by atoms with Crippen molar-refractivity contribution in [2.24, 2.45) is 0 Å². The minimum Gasteiger partial charge on any atom is -0.455 e. The number of para-hydroxylation sites is 2. The van der Waals surface area contributed by atoms with Crippen molar-refractivity contribution >= 4 is 71.7 Å². The summed E-state index contributed by atoms with van der Waals surface area (Å²) in [7, 11) is 0. The van der Waals surface area contributed by atoms with Gasteiger partial charge in [-0.05, 0) is 81.2 Å². The van der Waals surface area contributed by atoms with E-state index >= 15 is 0 Å². The van der Waals surface area contributed by atoms with Gasteiger partial charge in [0.25, 0.3) is 0 Å². The van der Waals surface area contributed by atoms with Crippen LogP contribution in [0.2, 0.25) is 0 Å². The molecule has 0 radical (unpaired) electrons. The maximum atomic E-state index is 6.91. The summed E-state index contributed by atoms with van der Waals surface area (Å²) in [5, 5.41) is 6.40. The van der Waals surface area contributed by atoms with Crippen LogP contribution in [-0.4, -0.2) is 0 Å². The van der Waals surface area contributed by atoms with Crippen molar-refractivity contribution in [3.05, 3.63) is 222 Å². The minimum absolute atomic E-state index is 0.527. The van der Waals surface area contributed by atoms with Crippen LogP contribution < -0.4 is 4.90 Å². The van der Waals surface area contributed by atoms with Gasteiger partial charge in [-0.15, -0.1) is 0 Å². The average molecular weight is 716 g/mol. The van der Waals surface area contributed by atoms with E-state index in [0.717, 1.165) is 71.7 Å². The van der Waals surface area contributed by atoms with Gasteiger partial charge in [-0.1, -0.05) is 158 Å². The molecule has 0 bridgehead atoms. The molecule has 0 spiro atoms. The first-order valence-electron chi connectivity index (χ1n) is 19.2. The van der Waals surface area contributed by atoms with Gasteiger partial charge in [-0.2, -0.15) is 0 Å². The Morgan fingerprint density at radius 3 is 1.71 bits per heavy atom. The zero-order valence-electron chi connectivity index (χ0n) is 30.3. The number of rotatable bonds is 5. The fourth-order valence-electron chi connectivity index (χ4n) is 9.69. The molecule has 262 valence electrons. The van der Waals surface area contributed by atoms with Gasteiger partial charge in [0.15, 0.2) is 0 Å². The Balaban J connectivity index is 1.20. The molecule has 0 unspecified atom stereocenters. The van der Waals surface area contributed by atoms with E-state index in [-0.39, 0.29) is 0 Å². The number of nitrogens with zero attached hydrogens (tertiary/aromatic N) is 1. The van der Waals surface area contributed by atoms with E-state index in [1.807, 2.05) is 6.07 Å². The summed E-state index contributed by atoms with van der Waals surface area (Å²) in [4.78, 5) is 2.39. The fourth-order valence-corrected chi connectivity index (χ4v) is 9.69. The summed E-state index contributed by atoms with van der Waals surface area (Å²) in [5.74, 6) is 0. The molecule has 1 aliphatic carbocycles. The van der Waals surface area contributed by atoms with Crippen LogP contribution in [0.25, 0.3) is 65.8 Å². The molecule has 1 aliphatic rings. The van der Waals surface area contributed by atoms with E-state index in [4.69, 9.17) is 8.83 Å². The SMILES string of the molecule is c1ccc(N(c2ccc3c(c2)C(c2ccccc2)(c2ccccc2)c2ccccc2-3)c2cccc3oc4c5ccccc5c5c6ccccc6oc5c4c23)cc1. The molecule has 56 heavy (non-hydrogen) atoms. The van der Waals surface area contributed by atoms with Crippen molar-refractivity contribution in [1.29, 1.82) is 0 Å². The van der Waals surface area contributed by atoms with Gasteiger partial charge < -0.3 is 13.7 Å². The molecular weight excluding hydrogens is 683 g/mol. The highest BCUT2D eigenvalue weighted by atomic mass is 16.3. The fraction of sp³-hybridized carbons (Fsp3) is 0.0189. The number of anilines is 3. The largest absolute Gasteiger partial charge is 0.455 e. The third kappa shape index (κ3) is 4.17. The molecule has 9 aromatic carbocycles. The van der Waals surface area contributed by atoms with E-state index in [1.165, 1.54) is 33.4 Å². The molecule has 2 aromatic heterocycles. The number of benzene rings is 9. The van der Waals surface area contributed by atoms with E-state index < -0.39 is 5.41 Å². The van der Waals surface area contributed by atoms with E-state index in [0.29, 0.717) is 0 Å². The molecule has 0 saturated heterocycles. The van der Waals surface area contributed by atoms with Crippen LogP contribution in [0, 0.1) is 0 Å². The molecule has 0 N–H and O–H groups in total. The zero-order chi connectivity index (χ0) is 36.8. The Labute approximate surface area is 323 Å². The summed E-state index contributed by atoms with van der Waals surface area (Å²) in [5.41, 5.74) is 13.5. The lowest BCUT2D eigenvalue weighted by Crippen LogP contribution is -2.28. The third-order valence-electron chi connectivity index (χ3n) is 11.9. The molecule has 2 heterocycles. The second-order valence-electron chi connectivity index (χ2n) is 14.7. The van der Waals surface area contributed by atoms with E-state index in [2.05, 4.69) is 199 Å². The van der Waals surface area contributed by atoms with Crippen molar-refractivity contribution in [2.75, 3.05) is 4.90 Å². The lowest BCUT2D eigenvalue weighted by molar-refractivity contribution is 0.665. The lowest BCUT2D eigenvalue weighted by atomic mass is 9.67. The summed E-state index contributed by atoms with van der Waals surface area (Å²) in [6.45, 7) is 0. The van der Waals surface area contributed by atoms with Crippen molar-refractivity contribution in [3.8, 4) is 11.1 Å². The number of hydrogen-bond acceptors (Lipinski definition) is 3. The van der Waals surface area contributed by atoms with Gasteiger partial charge >= 0.3 is 0 Å². The van der Waals surface area contributed by atoms with Gasteiger partial charge in [-0.25, -0.2) is 0 Å². The standard InChI is InChI=1S/C53H33NO2/c1-4-17-34(18-5-1)53(35-19-6-2-7-20-35)43-27-14-12-23-38(43)39-32-31-37(33-44(39)53)54(36-21-8-3-9-22-36)45-28-16-30-47-49(45)50-51(56-47)41-25-11-10-24-40(41)48-42-26-13-15-29-46(42)55-52(48)50/h1-33H. The molecule has 12 rings (SSSR count). The first kappa shape index (κ1) is 31.0. The predicted octanol–water partition coefficient (Wildman–Crippen LogP) is 14.5. The molecule has 3 heteroatoms. The molecular formula is C53H33NO2. The normalized spacial score (nSPS) is 13.1. The smallest absolute Gasteiger partial charge is 0.147 e. The number of hydrogen-bond donors (Lipinski definition) is 0. The Hall–Kier alpha value is -7.36. The molecule has 0 aliphatic heterocycles. The van der Waals surface area contributed by atoms with Crippen LogP contribution in [0.1, 0.15) is 22.3 Å². The topological polar surface area (TPSA) is 29.5 Å². The summed E-state index contributed by atoms with van der Waals surface area (Å²) in [6.07, 6.45) is 0. The molecule has 0 saturated carbocycles. The summed E-state index contributed by atoms with van der Waals surface area (Å²) in [6, 6.07) is 71.9. The van der Waals surface area contributed by atoms with Gasteiger partial charge in [0.2, 0.25) is 0 Å². The van der Waals surface area contributed by atoms with Gasteiger partial charge in [0.1, 0.15) is 22.3 Å². The minimum atomic E-state index is -0.527. The summed E-state index contributed by atoms with van der Waals surface area (Å²) >= 11 is 0. The van der Waals surface area contributed by atoms with Crippen LogP contribution in [0.5, 0.6) is 0 Å². The Morgan fingerprint density at radius 1 is 0.357 bits per heavy atom.